The lowest BCUT2D eigenvalue weighted by Gasteiger charge is -2.10. The van der Waals surface area contributed by atoms with Gasteiger partial charge in [-0.3, -0.25) is 9.52 Å². The minimum Gasteiger partial charge on any atom is -0.331 e. The Morgan fingerprint density at radius 1 is 1.08 bits per heavy atom. The molecule has 0 amide bonds. The highest BCUT2D eigenvalue weighted by Crippen LogP contribution is 2.24. The van der Waals surface area contributed by atoms with E-state index in [9.17, 15) is 13.2 Å². The maximum Gasteiger partial charge on any atom is 0.261 e. The topological polar surface area (TPSA) is 88.2 Å². The number of carbonyl (C=O) groups excluding carboxylic acids is 1. The average Bonchev–Trinajstić information content (AvgIpc) is 3.00. The van der Waals surface area contributed by atoms with Crippen molar-refractivity contribution in [2.45, 2.75) is 18.7 Å². The molecule has 0 saturated heterocycles. The zero-order valence-corrected chi connectivity index (χ0v) is 15.8. The second-order valence-corrected chi connectivity index (χ2v) is 8.23. The fraction of sp³-hybridized carbons (Fsp3) is 0.111. The summed E-state index contributed by atoms with van der Waals surface area (Å²) in [6.07, 6.45) is 0. The number of anilines is 3. The molecule has 0 spiro atoms. The molecule has 0 unspecified atom stereocenters. The standard InChI is InChI=1S/C18H17N3O3S2/c1-12-11-25-18(19-12)20-15-6-4-7-16(10-15)21-26(23,24)17-8-3-5-14(9-17)13(2)22/h3-11,21H,1-2H3,(H,19,20). The number of nitrogens with zero attached hydrogens (tertiary/aromatic N) is 1. The molecule has 0 aliphatic heterocycles. The van der Waals surface area contributed by atoms with Gasteiger partial charge >= 0.3 is 0 Å². The Kier molecular flexibility index (Phi) is 5.06. The van der Waals surface area contributed by atoms with Gasteiger partial charge in [-0.15, -0.1) is 11.3 Å². The van der Waals surface area contributed by atoms with Crippen molar-refractivity contribution >= 4 is 43.6 Å². The quantitative estimate of drug-likeness (QED) is 0.619. The molecule has 3 rings (SSSR count). The number of carbonyl (C=O) groups is 1. The summed E-state index contributed by atoms with van der Waals surface area (Å²) in [5, 5.41) is 5.80. The summed E-state index contributed by atoms with van der Waals surface area (Å²) >= 11 is 1.47. The molecule has 0 fully saturated rings. The van der Waals surface area contributed by atoms with Crippen molar-refractivity contribution < 1.29 is 13.2 Å². The van der Waals surface area contributed by atoms with Crippen molar-refractivity contribution in [2.75, 3.05) is 10.0 Å². The van der Waals surface area contributed by atoms with Crippen LogP contribution in [-0.2, 0) is 10.0 Å². The summed E-state index contributed by atoms with van der Waals surface area (Å²) < 4.78 is 27.7. The number of benzene rings is 2. The third-order valence-corrected chi connectivity index (χ3v) is 5.79. The SMILES string of the molecule is CC(=O)c1cccc(S(=O)(=O)Nc2cccc(Nc3nc(C)cs3)c2)c1. The zero-order chi connectivity index (χ0) is 18.7. The van der Waals surface area contributed by atoms with Gasteiger partial charge in [-0.25, -0.2) is 13.4 Å². The summed E-state index contributed by atoms with van der Waals surface area (Å²) in [7, 11) is -3.80. The summed E-state index contributed by atoms with van der Waals surface area (Å²) in [6.45, 7) is 3.30. The molecule has 8 heteroatoms. The van der Waals surface area contributed by atoms with Gasteiger partial charge in [0, 0.05) is 16.6 Å². The first-order valence-electron chi connectivity index (χ1n) is 7.76. The highest BCUT2D eigenvalue weighted by Gasteiger charge is 2.16. The van der Waals surface area contributed by atoms with Gasteiger partial charge in [0.05, 0.1) is 16.3 Å². The van der Waals surface area contributed by atoms with Crippen LogP contribution in [0, 0.1) is 6.92 Å². The molecule has 6 nitrogen and oxygen atoms in total. The number of rotatable bonds is 6. The number of ketones is 1. The lowest BCUT2D eigenvalue weighted by Crippen LogP contribution is -2.13. The second kappa shape index (κ2) is 7.27. The molecule has 0 aliphatic rings. The molecule has 0 saturated carbocycles. The summed E-state index contributed by atoms with van der Waals surface area (Å²) in [4.78, 5) is 15.8. The van der Waals surface area contributed by atoms with Gasteiger partial charge < -0.3 is 5.32 Å². The third kappa shape index (κ3) is 4.27. The molecule has 134 valence electrons. The van der Waals surface area contributed by atoms with Crippen LogP contribution < -0.4 is 10.0 Å². The molecule has 0 aliphatic carbocycles. The van der Waals surface area contributed by atoms with Crippen LogP contribution in [0.5, 0.6) is 0 Å². The first-order chi connectivity index (χ1) is 12.3. The van der Waals surface area contributed by atoms with E-state index in [2.05, 4.69) is 15.0 Å². The van der Waals surface area contributed by atoms with Crippen molar-refractivity contribution in [1.29, 1.82) is 0 Å². The Hall–Kier alpha value is -2.71. The minimum atomic E-state index is -3.80. The van der Waals surface area contributed by atoms with Crippen LogP contribution in [0.4, 0.5) is 16.5 Å². The van der Waals surface area contributed by atoms with E-state index in [0.717, 1.165) is 16.5 Å². The van der Waals surface area contributed by atoms with Crippen molar-refractivity contribution in [2.24, 2.45) is 0 Å². The molecule has 1 heterocycles. The zero-order valence-electron chi connectivity index (χ0n) is 14.2. The van der Waals surface area contributed by atoms with Crippen molar-refractivity contribution in [1.82, 2.24) is 4.98 Å². The summed E-state index contributed by atoms with van der Waals surface area (Å²) in [5.74, 6) is -0.188. The predicted octanol–water partition coefficient (Wildman–Crippen LogP) is 4.20. The fourth-order valence-electron chi connectivity index (χ4n) is 2.29. The van der Waals surface area contributed by atoms with Crippen molar-refractivity contribution in [3.8, 4) is 0 Å². The fourth-order valence-corrected chi connectivity index (χ4v) is 4.09. The van der Waals surface area contributed by atoms with Gasteiger partial charge in [-0.2, -0.15) is 0 Å². The van der Waals surface area contributed by atoms with E-state index in [1.54, 1.807) is 30.3 Å². The highest BCUT2D eigenvalue weighted by molar-refractivity contribution is 7.92. The summed E-state index contributed by atoms with van der Waals surface area (Å²) in [6, 6.07) is 12.9. The minimum absolute atomic E-state index is 0.0408. The van der Waals surface area contributed by atoms with Gasteiger partial charge in [-0.05, 0) is 44.2 Å². The maximum atomic E-state index is 12.6. The van der Waals surface area contributed by atoms with Gasteiger partial charge in [0.1, 0.15) is 0 Å². The van der Waals surface area contributed by atoms with E-state index in [4.69, 9.17) is 0 Å². The van der Waals surface area contributed by atoms with Gasteiger partial charge in [0.2, 0.25) is 0 Å². The maximum absolute atomic E-state index is 12.6. The van der Waals surface area contributed by atoms with Crippen LogP contribution in [0.1, 0.15) is 23.0 Å². The van der Waals surface area contributed by atoms with E-state index >= 15 is 0 Å². The number of aryl methyl sites for hydroxylation is 1. The Balaban J connectivity index is 1.82. The van der Waals surface area contributed by atoms with Crippen LogP contribution in [0.2, 0.25) is 0 Å². The second-order valence-electron chi connectivity index (χ2n) is 5.69. The molecule has 3 aromatic rings. The van der Waals surface area contributed by atoms with E-state index in [-0.39, 0.29) is 10.7 Å². The Morgan fingerprint density at radius 3 is 2.50 bits per heavy atom. The van der Waals surface area contributed by atoms with Gasteiger partial charge in [0.15, 0.2) is 10.9 Å². The Bertz CT molecular complexity index is 1060. The molecule has 0 bridgehead atoms. The first kappa shape index (κ1) is 18.1. The van der Waals surface area contributed by atoms with Crippen LogP contribution in [0.15, 0.2) is 58.8 Å². The van der Waals surface area contributed by atoms with Crippen LogP contribution in [0.25, 0.3) is 0 Å². The number of thiazole rings is 1. The highest BCUT2D eigenvalue weighted by atomic mass is 32.2. The molecular weight excluding hydrogens is 370 g/mol. The Morgan fingerprint density at radius 2 is 1.81 bits per heavy atom. The molecule has 0 atom stereocenters. The van der Waals surface area contributed by atoms with Crippen LogP contribution >= 0.6 is 11.3 Å². The first-order valence-corrected chi connectivity index (χ1v) is 10.1. The molecule has 2 aromatic carbocycles. The molecule has 1 aromatic heterocycles. The van der Waals surface area contributed by atoms with E-state index in [1.807, 2.05) is 18.4 Å². The lowest BCUT2D eigenvalue weighted by molar-refractivity contribution is 0.101. The van der Waals surface area contributed by atoms with Crippen LogP contribution in [0.3, 0.4) is 0 Å². The number of sulfonamides is 1. The van der Waals surface area contributed by atoms with E-state index in [0.29, 0.717) is 11.3 Å². The number of hydrogen-bond acceptors (Lipinski definition) is 6. The van der Waals surface area contributed by atoms with Crippen LogP contribution in [-0.4, -0.2) is 19.2 Å². The van der Waals surface area contributed by atoms with Gasteiger partial charge in [0.25, 0.3) is 10.0 Å². The van der Waals surface area contributed by atoms with Gasteiger partial charge in [-0.1, -0.05) is 18.2 Å². The average molecular weight is 387 g/mol. The number of nitrogens with one attached hydrogen (secondary N) is 2. The van der Waals surface area contributed by atoms with Crippen molar-refractivity contribution in [3.05, 3.63) is 65.2 Å². The normalized spacial score (nSPS) is 11.2. The van der Waals surface area contributed by atoms with Crippen molar-refractivity contribution in [3.63, 3.8) is 0 Å². The monoisotopic (exact) mass is 387 g/mol. The molecular formula is C18H17N3O3S2. The molecule has 26 heavy (non-hydrogen) atoms. The third-order valence-electron chi connectivity index (χ3n) is 3.54. The lowest BCUT2D eigenvalue weighted by atomic mass is 10.2. The van der Waals surface area contributed by atoms with E-state index < -0.39 is 10.0 Å². The number of aromatic nitrogens is 1. The number of hydrogen-bond donors (Lipinski definition) is 2. The predicted molar refractivity (Wildman–Crippen MR) is 104 cm³/mol. The summed E-state index contributed by atoms with van der Waals surface area (Å²) in [5.41, 5.74) is 2.40. The molecule has 2 N–H and O–H groups in total. The number of Topliss-reactive ketones (excluding diaryl/α,β-unsaturated/α-hetero) is 1. The van der Waals surface area contributed by atoms with E-state index in [1.165, 1.54) is 30.4 Å². The largest absolute Gasteiger partial charge is 0.331 e. The Labute approximate surface area is 156 Å². The molecule has 0 radical (unpaired) electrons. The smallest absolute Gasteiger partial charge is 0.261 e.